The largest absolute Gasteiger partial charge is 0.318 e. The maximum Gasteiger partial charge on any atom is 0.250 e. The van der Waals surface area contributed by atoms with Crippen LogP contribution >= 0.6 is 0 Å². The van der Waals surface area contributed by atoms with Crippen molar-refractivity contribution in [2.24, 2.45) is 12.0 Å². The average molecular weight is 457 g/mol. The third-order valence-electron chi connectivity index (χ3n) is 5.68. The Balaban J connectivity index is 2.02. The molecule has 3 aromatic rings. The molecule has 0 spiro atoms. The van der Waals surface area contributed by atoms with Gasteiger partial charge in [-0.15, -0.1) is 0 Å². The lowest BCUT2D eigenvalue weighted by Crippen LogP contribution is -2.17. The molecule has 0 fully saturated rings. The molecule has 5 nitrogen and oxygen atoms in total. The molecule has 0 radical (unpaired) electrons. The van der Waals surface area contributed by atoms with Gasteiger partial charge in [-0.1, -0.05) is 19.1 Å². The van der Waals surface area contributed by atoms with Gasteiger partial charge in [0.2, 0.25) is 0 Å². The zero-order chi connectivity index (χ0) is 23.2. The molecular formula is C24H22F2N2O3S. The molecule has 0 unspecified atom stereocenters. The van der Waals surface area contributed by atoms with Crippen LogP contribution in [0.25, 0.3) is 11.1 Å². The molecule has 0 N–H and O–H groups in total. The number of benzene rings is 2. The lowest BCUT2D eigenvalue weighted by Gasteiger charge is -2.15. The monoisotopic (exact) mass is 456 g/mol. The highest BCUT2D eigenvalue weighted by molar-refractivity contribution is 7.90. The minimum atomic E-state index is -3.28. The van der Waals surface area contributed by atoms with E-state index in [2.05, 4.69) is 0 Å². The van der Waals surface area contributed by atoms with Crippen LogP contribution in [0, 0.1) is 11.6 Å². The van der Waals surface area contributed by atoms with Crippen LogP contribution in [0.5, 0.6) is 0 Å². The molecule has 1 atom stereocenters. The number of fused-ring (bicyclic) bond motifs is 3. The van der Waals surface area contributed by atoms with Gasteiger partial charge >= 0.3 is 0 Å². The quantitative estimate of drug-likeness (QED) is 0.592. The Morgan fingerprint density at radius 1 is 1.00 bits per heavy atom. The maximum absolute atomic E-state index is 14.7. The first-order chi connectivity index (χ1) is 15.1. The second-order valence-electron chi connectivity index (χ2n) is 7.93. The zero-order valence-electron chi connectivity index (χ0n) is 17.9. The molecular weight excluding hydrogens is 434 g/mol. The van der Waals surface area contributed by atoms with Gasteiger partial charge in [-0.3, -0.25) is 9.79 Å². The van der Waals surface area contributed by atoms with E-state index in [0.29, 0.717) is 33.5 Å². The first kappa shape index (κ1) is 22.1. The molecule has 166 valence electrons. The molecule has 2 heterocycles. The normalized spacial score (nSPS) is 15.5. The van der Waals surface area contributed by atoms with Crippen molar-refractivity contribution in [1.82, 2.24) is 4.57 Å². The average Bonchev–Trinajstić information content (AvgIpc) is 2.84. The van der Waals surface area contributed by atoms with Crippen molar-refractivity contribution in [3.05, 3.63) is 92.9 Å². The predicted molar refractivity (Wildman–Crippen MR) is 121 cm³/mol. The molecule has 0 bridgehead atoms. The van der Waals surface area contributed by atoms with Crippen LogP contribution in [0.2, 0.25) is 0 Å². The van der Waals surface area contributed by atoms with Gasteiger partial charge in [0.05, 0.1) is 17.5 Å². The van der Waals surface area contributed by atoms with E-state index < -0.39 is 27.5 Å². The number of pyridine rings is 1. The number of aryl methyl sites for hydroxylation is 1. The molecule has 1 aromatic heterocycles. The molecule has 0 saturated heterocycles. The van der Waals surface area contributed by atoms with Gasteiger partial charge in [0.25, 0.3) is 5.56 Å². The fourth-order valence-corrected chi connectivity index (χ4v) is 4.80. The number of hydrogen-bond donors (Lipinski definition) is 0. The third kappa shape index (κ3) is 4.02. The lowest BCUT2D eigenvalue weighted by molar-refractivity contribution is 0.581. The number of rotatable bonds is 4. The van der Waals surface area contributed by atoms with Crippen molar-refractivity contribution in [2.75, 3.05) is 5.75 Å². The van der Waals surface area contributed by atoms with Crippen molar-refractivity contribution in [3.63, 3.8) is 0 Å². The number of hydrogen-bond acceptors (Lipinski definition) is 4. The van der Waals surface area contributed by atoms with E-state index >= 15 is 0 Å². The number of nitrogens with zero attached hydrogens (tertiary/aromatic N) is 2. The number of aliphatic imine (C=N–C) groups is 1. The Bertz CT molecular complexity index is 1430. The van der Waals surface area contributed by atoms with Gasteiger partial charge in [-0.25, -0.2) is 17.2 Å². The Morgan fingerprint density at radius 3 is 2.41 bits per heavy atom. The zero-order valence-corrected chi connectivity index (χ0v) is 18.7. The maximum atomic E-state index is 14.7. The van der Waals surface area contributed by atoms with Crippen molar-refractivity contribution < 1.29 is 17.2 Å². The van der Waals surface area contributed by atoms with Gasteiger partial charge < -0.3 is 4.57 Å². The molecule has 4 rings (SSSR count). The highest BCUT2D eigenvalue weighted by Gasteiger charge is 2.26. The summed E-state index contributed by atoms with van der Waals surface area (Å²) in [6, 6.07) is 9.47. The van der Waals surface area contributed by atoms with Gasteiger partial charge in [-0.05, 0) is 41.8 Å². The first-order valence-electron chi connectivity index (χ1n) is 10.2. The summed E-state index contributed by atoms with van der Waals surface area (Å²) in [7, 11) is -1.65. The van der Waals surface area contributed by atoms with Gasteiger partial charge in [0.1, 0.15) is 11.6 Å². The molecule has 2 aromatic carbocycles. The third-order valence-corrected chi connectivity index (χ3v) is 7.33. The van der Waals surface area contributed by atoms with Crippen LogP contribution in [-0.2, 0) is 22.6 Å². The van der Waals surface area contributed by atoms with Crippen LogP contribution in [-0.4, -0.2) is 24.4 Å². The second-order valence-corrected chi connectivity index (χ2v) is 10.3. The molecule has 0 aliphatic carbocycles. The van der Waals surface area contributed by atoms with Gasteiger partial charge in [0, 0.05) is 47.8 Å². The van der Waals surface area contributed by atoms with Crippen LogP contribution in [0.15, 0.2) is 58.4 Å². The number of sulfone groups is 1. The highest BCUT2D eigenvalue weighted by atomic mass is 32.2. The Morgan fingerprint density at radius 2 is 1.72 bits per heavy atom. The lowest BCUT2D eigenvalue weighted by atomic mass is 9.91. The molecule has 0 saturated carbocycles. The summed E-state index contributed by atoms with van der Waals surface area (Å²) in [6.07, 6.45) is 1.69. The van der Waals surface area contributed by atoms with Crippen molar-refractivity contribution in [3.8, 4) is 11.1 Å². The second kappa shape index (κ2) is 8.09. The van der Waals surface area contributed by atoms with E-state index in [0.717, 1.165) is 6.07 Å². The van der Waals surface area contributed by atoms with E-state index in [-0.39, 0.29) is 22.6 Å². The predicted octanol–water partition coefficient (Wildman–Crippen LogP) is 4.18. The minimum Gasteiger partial charge on any atom is -0.318 e. The minimum absolute atomic E-state index is 0.0136. The summed E-state index contributed by atoms with van der Waals surface area (Å²) < 4.78 is 54.1. The topological polar surface area (TPSA) is 68.5 Å². The van der Waals surface area contributed by atoms with E-state index in [1.54, 1.807) is 45.3 Å². The molecule has 1 aliphatic heterocycles. The summed E-state index contributed by atoms with van der Waals surface area (Å²) in [4.78, 5) is 17.0. The summed E-state index contributed by atoms with van der Waals surface area (Å²) in [5, 5.41) is 0. The van der Waals surface area contributed by atoms with Crippen molar-refractivity contribution >= 4 is 15.5 Å². The van der Waals surface area contributed by atoms with E-state index in [9.17, 15) is 22.0 Å². The fraction of sp³-hybridized carbons (Fsp3) is 0.250. The molecule has 1 aliphatic rings. The van der Waals surface area contributed by atoms with Crippen LogP contribution in [0.3, 0.4) is 0 Å². The standard InChI is InChI=1S/C24H22F2N2O3S/c1-4-32(30,31)13-15-5-7-17-20(9-15)21-12-28(3)23(29)11-19(21)14(2)27-24(17)18-8-6-16(25)10-22(18)26/h5-12,14H,4,13H2,1-3H3/t14-/m0/s1. The summed E-state index contributed by atoms with van der Waals surface area (Å²) in [5.74, 6) is -1.56. The highest BCUT2D eigenvalue weighted by Crippen LogP contribution is 2.37. The van der Waals surface area contributed by atoms with E-state index in [1.165, 1.54) is 22.8 Å². The SMILES string of the molecule is CCS(=O)(=O)Cc1ccc2c(c1)-c1cn(C)c(=O)cc1[C@H](C)N=C2c1ccc(F)cc1F. The number of aromatic nitrogens is 1. The fourth-order valence-electron chi connectivity index (χ4n) is 3.91. The van der Waals surface area contributed by atoms with E-state index in [4.69, 9.17) is 4.99 Å². The Hall–Kier alpha value is -3.13. The summed E-state index contributed by atoms with van der Waals surface area (Å²) in [6.45, 7) is 3.39. The first-order valence-corrected chi connectivity index (χ1v) is 12.0. The Kier molecular flexibility index (Phi) is 5.58. The smallest absolute Gasteiger partial charge is 0.250 e. The van der Waals surface area contributed by atoms with Crippen LogP contribution < -0.4 is 5.56 Å². The number of halogens is 2. The molecule has 32 heavy (non-hydrogen) atoms. The van der Waals surface area contributed by atoms with Gasteiger partial charge in [0.15, 0.2) is 9.84 Å². The van der Waals surface area contributed by atoms with Crippen molar-refractivity contribution in [1.29, 1.82) is 0 Å². The molecule has 8 heteroatoms. The summed E-state index contributed by atoms with van der Waals surface area (Å²) >= 11 is 0. The van der Waals surface area contributed by atoms with Gasteiger partial charge in [-0.2, -0.15) is 0 Å². The van der Waals surface area contributed by atoms with Crippen LogP contribution in [0.1, 0.15) is 42.1 Å². The molecule has 0 amide bonds. The van der Waals surface area contributed by atoms with E-state index in [1.807, 2.05) is 0 Å². The van der Waals surface area contributed by atoms with Crippen LogP contribution in [0.4, 0.5) is 8.78 Å². The Labute approximate surface area is 185 Å². The summed E-state index contributed by atoms with van der Waals surface area (Å²) in [5.41, 5.74) is 3.42. The van der Waals surface area contributed by atoms with Crippen molar-refractivity contribution in [2.45, 2.75) is 25.6 Å².